The topological polar surface area (TPSA) is 76.3 Å². The molecule has 8 heteroatoms. The first kappa shape index (κ1) is 27.4. The standard InChI is InChI=1S/C35H31N3O3SSi/c1-35(2)30(16-15-29-34(39)26-21-24(38(40)41)12-14-28(26)43(29,3)4)37(19-17-25-8-6-20-42-25)27-13-11-22-9-10-23-7-5-18-36-33(23)31(22)32(27)35/h5-16,18,20-21H,17,19H2,1-4H3/b29-15+,30-16-. The molecule has 0 aliphatic carbocycles. The first-order valence-electron chi connectivity index (χ1n) is 14.5. The smallest absolute Gasteiger partial charge is 0.270 e. The largest absolute Gasteiger partial charge is 0.344 e. The van der Waals surface area contributed by atoms with Crippen LogP contribution in [0.15, 0.2) is 101 Å². The Labute approximate surface area is 255 Å². The van der Waals surface area contributed by atoms with Gasteiger partial charge in [0.1, 0.15) is 8.07 Å². The van der Waals surface area contributed by atoms with Gasteiger partial charge in [-0.25, -0.2) is 0 Å². The second-order valence-electron chi connectivity index (χ2n) is 12.4. The maximum atomic E-state index is 13.7. The zero-order valence-electron chi connectivity index (χ0n) is 24.5. The van der Waals surface area contributed by atoms with Crippen LogP contribution in [0.2, 0.25) is 13.1 Å². The molecule has 214 valence electrons. The first-order valence-corrected chi connectivity index (χ1v) is 18.3. The van der Waals surface area contributed by atoms with Crippen LogP contribution in [-0.2, 0) is 11.8 Å². The third-order valence-electron chi connectivity index (χ3n) is 9.20. The molecule has 5 aromatic rings. The van der Waals surface area contributed by atoms with Crippen LogP contribution in [-0.4, -0.2) is 30.3 Å². The van der Waals surface area contributed by atoms with Crippen LogP contribution in [0.3, 0.4) is 0 Å². The maximum Gasteiger partial charge on any atom is 0.270 e. The fourth-order valence-electron chi connectivity index (χ4n) is 7.01. The number of non-ortho nitro benzene ring substituents is 1. The summed E-state index contributed by atoms with van der Waals surface area (Å²) in [6.45, 7) is 9.64. The van der Waals surface area contributed by atoms with Gasteiger partial charge in [-0.2, -0.15) is 0 Å². The van der Waals surface area contributed by atoms with E-state index in [0.29, 0.717) is 5.56 Å². The molecule has 0 spiro atoms. The fourth-order valence-corrected chi connectivity index (χ4v) is 10.6. The summed E-state index contributed by atoms with van der Waals surface area (Å²) in [5.41, 5.74) is 4.61. The van der Waals surface area contributed by atoms with Gasteiger partial charge in [0.05, 0.1) is 10.4 Å². The van der Waals surface area contributed by atoms with Crippen molar-refractivity contribution in [2.45, 2.75) is 38.8 Å². The third-order valence-corrected chi connectivity index (χ3v) is 13.7. The Bertz CT molecular complexity index is 2040. The van der Waals surface area contributed by atoms with Crippen LogP contribution in [0.5, 0.6) is 0 Å². The van der Waals surface area contributed by atoms with Gasteiger partial charge in [-0.05, 0) is 57.4 Å². The van der Waals surface area contributed by atoms with Crippen molar-refractivity contribution in [3.63, 3.8) is 0 Å². The molecule has 0 radical (unpaired) electrons. The molecule has 0 saturated carbocycles. The molecular weight excluding hydrogens is 571 g/mol. The number of nitro groups is 1. The van der Waals surface area contributed by atoms with Crippen LogP contribution in [0.4, 0.5) is 11.4 Å². The minimum absolute atomic E-state index is 0.0450. The number of aromatic nitrogens is 1. The van der Waals surface area contributed by atoms with Gasteiger partial charge in [-0.15, -0.1) is 11.3 Å². The second-order valence-corrected chi connectivity index (χ2v) is 17.7. The molecule has 2 aromatic heterocycles. The van der Waals surface area contributed by atoms with E-state index in [9.17, 15) is 14.9 Å². The summed E-state index contributed by atoms with van der Waals surface area (Å²) in [5, 5.41) is 18.7. The highest BCUT2D eigenvalue weighted by Crippen LogP contribution is 2.52. The number of carbonyl (C=O) groups excluding carboxylic acids is 1. The van der Waals surface area contributed by atoms with Crippen molar-refractivity contribution < 1.29 is 9.72 Å². The summed E-state index contributed by atoms with van der Waals surface area (Å²) >= 11 is 1.77. The highest BCUT2D eigenvalue weighted by atomic mass is 32.1. The molecule has 0 saturated heterocycles. The number of hydrogen-bond acceptors (Lipinski definition) is 6. The molecule has 6 nitrogen and oxygen atoms in total. The Hall–Kier alpha value is -4.40. The van der Waals surface area contributed by atoms with Crippen LogP contribution in [0, 0.1) is 10.1 Å². The zero-order valence-corrected chi connectivity index (χ0v) is 26.4. The van der Waals surface area contributed by atoms with E-state index < -0.39 is 13.0 Å². The number of pyridine rings is 1. The van der Waals surface area contributed by atoms with E-state index in [-0.39, 0.29) is 16.9 Å². The zero-order chi connectivity index (χ0) is 30.1. The van der Waals surface area contributed by atoms with Crippen molar-refractivity contribution in [2.24, 2.45) is 0 Å². The monoisotopic (exact) mass is 601 g/mol. The van der Waals surface area contributed by atoms with Crippen molar-refractivity contribution in [3.05, 3.63) is 127 Å². The number of allylic oxidation sites excluding steroid dienone is 4. The van der Waals surface area contributed by atoms with E-state index in [1.807, 2.05) is 18.3 Å². The van der Waals surface area contributed by atoms with Gasteiger partial charge < -0.3 is 4.90 Å². The normalized spacial score (nSPS) is 18.6. The van der Waals surface area contributed by atoms with Gasteiger partial charge in [0.2, 0.25) is 0 Å². The summed E-state index contributed by atoms with van der Waals surface area (Å²) in [6.07, 6.45) is 6.92. The van der Waals surface area contributed by atoms with Crippen molar-refractivity contribution in [2.75, 3.05) is 11.4 Å². The van der Waals surface area contributed by atoms with E-state index in [1.54, 1.807) is 17.4 Å². The summed E-state index contributed by atoms with van der Waals surface area (Å²) < 4.78 is 0. The van der Waals surface area contributed by atoms with E-state index >= 15 is 0 Å². The Morgan fingerprint density at radius 3 is 2.58 bits per heavy atom. The number of carbonyl (C=O) groups is 1. The molecule has 0 fully saturated rings. The molecule has 0 N–H and O–H groups in total. The minimum Gasteiger partial charge on any atom is -0.344 e. The molecule has 4 heterocycles. The molecule has 0 bridgehead atoms. The second kappa shape index (κ2) is 9.82. The maximum absolute atomic E-state index is 13.7. The highest BCUT2D eigenvalue weighted by Gasteiger charge is 2.45. The van der Waals surface area contributed by atoms with Gasteiger partial charge >= 0.3 is 0 Å². The number of anilines is 1. The number of nitrogens with zero attached hydrogens (tertiary/aromatic N) is 3. The summed E-state index contributed by atoms with van der Waals surface area (Å²) in [7, 11) is -2.36. The van der Waals surface area contributed by atoms with Gasteiger partial charge in [0.25, 0.3) is 5.69 Å². The number of fused-ring (bicyclic) bond motifs is 6. The van der Waals surface area contributed by atoms with Crippen LogP contribution >= 0.6 is 11.3 Å². The van der Waals surface area contributed by atoms with Crippen LogP contribution < -0.4 is 10.1 Å². The number of nitro benzene ring substituents is 1. The van der Waals surface area contributed by atoms with Crippen LogP contribution in [0.25, 0.3) is 21.7 Å². The van der Waals surface area contributed by atoms with E-state index in [2.05, 4.69) is 85.8 Å². The minimum atomic E-state index is -2.36. The van der Waals surface area contributed by atoms with Crippen molar-refractivity contribution in [1.29, 1.82) is 0 Å². The van der Waals surface area contributed by atoms with E-state index in [1.165, 1.54) is 33.6 Å². The predicted octanol–water partition coefficient (Wildman–Crippen LogP) is 7.86. The lowest BCUT2D eigenvalue weighted by atomic mass is 9.80. The van der Waals surface area contributed by atoms with E-state index in [0.717, 1.165) is 45.3 Å². The van der Waals surface area contributed by atoms with Crippen molar-refractivity contribution in [1.82, 2.24) is 4.98 Å². The van der Waals surface area contributed by atoms with Gasteiger partial charge in [-0.3, -0.25) is 19.9 Å². The lowest BCUT2D eigenvalue weighted by Gasteiger charge is -2.27. The lowest BCUT2D eigenvalue weighted by Crippen LogP contribution is -2.40. The molecule has 2 aliphatic rings. The molecule has 7 rings (SSSR count). The van der Waals surface area contributed by atoms with Gasteiger partial charge in [0.15, 0.2) is 5.78 Å². The lowest BCUT2D eigenvalue weighted by molar-refractivity contribution is -0.384. The molecule has 3 aromatic carbocycles. The van der Waals surface area contributed by atoms with Gasteiger partial charge in [0, 0.05) is 62.9 Å². The Balaban J connectivity index is 1.40. The van der Waals surface area contributed by atoms with E-state index in [4.69, 9.17) is 4.98 Å². The predicted molar refractivity (Wildman–Crippen MR) is 178 cm³/mol. The number of hydrogen-bond donors (Lipinski definition) is 0. The number of Topliss-reactive ketones (excluding diaryl/α,β-unsaturated/α-hetero) is 1. The average molecular weight is 602 g/mol. The third kappa shape index (κ3) is 4.19. The Morgan fingerprint density at radius 2 is 1.81 bits per heavy atom. The number of rotatable bonds is 5. The summed E-state index contributed by atoms with van der Waals surface area (Å²) in [5.74, 6) is -0.0914. The molecule has 43 heavy (non-hydrogen) atoms. The average Bonchev–Trinajstić information content (AvgIpc) is 3.64. The van der Waals surface area contributed by atoms with Gasteiger partial charge in [-0.1, -0.05) is 69.4 Å². The Morgan fingerprint density at radius 1 is 1.02 bits per heavy atom. The van der Waals surface area contributed by atoms with Crippen molar-refractivity contribution >= 4 is 63.4 Å². The molecule has 0 unspecified atom stereocenters. The molecule has 0 atom stereocenters. The SMILES string of the molecule is CC1(C)/C(=C/C=C2\C(=O)c3cc([N+](=O)[O-])ccc3[Si]2(C)C)N(CCc2cccs2)c2ccc3ccc4cccnc4c3c21. The van der Waals surface area contributed by atoms with Crippen LogP contribution in [0.1, 0.15) is 34.6 Å². The first-order chi connectivity index (χ1) is 20.6. The molecule has 0 amide bonds. The Kier molecular flexibility index (Phi) is 6.27. The molecular formula is C35H31N3O3SSi. The summed E-state index contributed by atoms with van der Waals surface area (Å²) in [4.78, 5) is 33.4. The fraction of sp³-hybridized carbons (Fsp3) is 0.200. The highest BCUT2D eigenvalue weighted by molar-refractivity contribution is 7.09. The number of ketones is 1. The van der Waals surface area contributed by atoms with Crippen molar-refractivity contribution in [3.8, 4) is 0 Å². The number of benzene rings is 3. The summed E-state index contributed by atoms with van der Waals surface area (Å²) in [6, 6.07) is 21.9. The quantitative estimate of drug-likeness (QED) is 0.0674. The number of thiophene rings is 1. The molecule has 2 aliphatic heterocycles.